The first-order valence-corrected chi connectivity index (χ1v) is 7.46. The number of rotatable bonds is 5. The van der Waals surface area contributed by atoms with Gasteiger partial charge in [-0.15, -0.1) is 0 Å². The molecule has 0 bridgehead atoms. The highest BCUT2D eigenvalue weighted by atomic mass is 19.3. The summed E-state index contributed by atoms with van der Waals surface area (Å²) in [5.74, 6) is -1.06. The molecule has 0 saturated heterocycles. The number of urea groups is 1. The van der Waals surface area contributed by atoms with Crippen molar-refractivity contribution >= 4 is 11.9 Å². The molecule has 2 aromatic carbocycles. The van der Waals surface area contributed by atoms with Crippen LogP contribution < -0.4 is 15.6 Å². The van der Waals surface area contributed by atoms with Gasteiger partial charge in [0.25, 0.3) is 5.91 Å². The summed E-state index contributed by atoms with van der Waals surface area (Å²) in [4.78, 5) is 25.1. The van der Waals surface area contributed by atoms with Crippen LogP contribution in [0.2, 0.25) is 0 Å². The molecule has 2 N–H and O–H groups in total. The molecular formula is C17H16F3N3O3. The number of alkyl halides is 2. The fourth-order valence-electron chi connectivity index (χ4n) is 2.00. The molecule has 6 nitrogen and oxygen atoms in total. The van der Waals surface area contributed by atoms with E-state index in [1.807, 2.05) is 0 Å². The molecule has 9 heteroatoms. The van der Waals surface area contributed by atoms with Gasteiger partial charge in [-0.1, -0.05) is 12.1 Å². The van der Waals surface area contributed by atoms with Gasteiger partial charge >= 0.3 is 12.6 Å². The largest absolute Gasteiger partial charge is 0.435 e. The summed E-state index contributed by atoms with van der Waals surface area (Å²) in [6, 6.07) is 10.0. The van der Waals surface area contributed by atoms with Gasteiger partial charge in [0, 0.05) is 19.2 Å². The highest BCUT2D eigenvalue weighted by Crippen LogP contribution is 2.15. The third kappa shape index (κ3) is 5.69. The van der Waals surface area contributed by atoms with E-state index in [-0.39, 0.29) is 17.9 Å². The molecule has 0 radical (unpaired) electrons. The Morgan fingerprint density at radius 3 is 2.23 bits per heavy atom. The number of nitrogens with zero attached hydrogens (tertiary/aromatic N) is 1. The van der Waals surface area contributed by atoms with Gasteiger partial charge in [-0.25, -0.2) is 14.6 Å². The van der Waals surface area contributed by atoms with Crippen molar-refractivity contribution in [3.05, 3.63) is 65.5 Å². The molecule has 0 saturated carbocycles. The minimum absolute atomic E-state index is 0.0161. The van der Waals surface area contributed by atoms with Gasteiger partial charge in [0.2, 0.25) is 0 Å². The summed E-state index contributed by atoms with van der Waals surface area (Å²) in [6.07, 6.45) is 0. The number of hydrogen-bond donors (Lipinski definition) is 2. The number of amides is 3. The van der Waals surface area contributed by atoms with E-state index in [0.29, 0.717) is 5.56 Å². The SMILES string of the molecule is CN(Cc1ccc(OC(F)F)cc1)C(=O)NNC(=O)c1ccc(F)cc1. The summed E-state index contributed by atoms with van der Waals surface area (Å²) >= 11 is 0. The molecule has 0 aromatic heterocycles. The summed E-state index contributed by atoms with van der Waals surface area (Å²) in [6.45, 7) is -2.73. The zero-order valence-electron chi connectivity index (χ0n) is 13.7. The molecule has 26 heavy (non-hydrogen) atoms. The number of benzene rings is 2. The fraction of sp³-hybridized carbons (Fsp3) is 0.176. The summed E-state index contributed by atoms with van der Waals surface area (Å²) in [7, 11) is 1.49. The topological polar surface area (TPSA) is 70.7 Å². The average molecular weight is 367 g/mol. The lowest BCUT2D eigenvalue weighted by Gasteiger charge is -2.18. The number of carbonyl (C=O) groups is 2. The fourth-order valence-corrected chi connectivity index (χ4v) is 2.00. The number of carbonyl (C=O) groups excluding carboxylic acids is 2. The van der Waals surface area contributed by atoms with Crippen molar-refractivity contribution < 1.29 is 27.5 Å². The Hall–Kier alpha value is -3.23. The Morgan fingerprint density at radius 2 is 1.65 bits per heavy atom. The van der Waals surface area contributed by atoms with Crippen molar-refractivity contribution in [3.8, 4) is 5.75 Å². The van der Waals surface area contributed by atoms with Crippen molar-refractivity contribution in [2.45, 2.75) is 13.2 Å². The predicted octanol–water partition coefficient (Wildman–Crippen LogP) is 2.91. The van der Waals surface area contributed by atoms with E-state index in [1.165, 1.54) is 36.2 Å². The Kier molecular flexibility index (Phi) is 6.42. The van der Waals surface area contributed by atoms with Crippen LogP contribution >= 0.6 is 0 Å². The van der Waals surface area contributed by atoms with Gasteiger partial charge in [0.05, 0.1) is 0 Å². The van der Waals surface area contributed by atoms with Crippen LogP contribution in [0.25, 0.3) is 0 Å². The van der Waals surface area contributed by atoms with Gasteiger partial charge in [-0.3, -0.25) is 10.2 Å². The van der Waals surface area contributed by atoms with E-state index >= 15 is 0 Å². The van der Waals surface area contributed by atoms with Crippen LogP contribution in [0.1, 0.15) is 15.9 Å². The van der Waals surface area contributed by atoms with E-state index in [9.17, 15) is 22.8 Å². The standard InChI is InChI=1S/C17H16F3N3O3/c1-23(10-11-2-8-14(9-3-11)26-16(19)20)17(25)22-21-15(24)12-4-6-13(18)7-5-12/h2-9,16H,10H2,1H3,(H,21,24)(H,22,25). The van der Waals surface area contributed by atoms with Crippen molar-refractivity contribution in [2.75, 3.05) is 7.05 Å². The maximum absolute atomic E-state index is 12.8. The van der Waals surface area contributed by atoms with E-state index in [0.717, 1.165) is 12.1 Å². The number of hydrazine groups is 1. The lowest BCUT2D eigenvalue weighted by molar-refractivity contribution is -0.0498. The van der Waals surface area contributed by atoms with Crippen molar-refractivity contribution in [3.63, 3.8) is 0 Å². The molecule has 0 spiro atoms. The lowest BCUT2D eigenvalue weighted by atomic mass is 10.2. The molecule has 0 fully saturated rings. The third-order valence-electron chi connectivity index (χ3n) is 3.30. The van der Waals surface area contributed by atoms with Gasteiger partial charge < -0.3 is 9.64 Å². The Morgan fingerprint density at radius 1 is 1.04 bits per heavy atom. The first kappa shape index (κ1) is 19.1. The Bertz CT molecular complexity index is 752. The minimum Gasteiger partial charge on any atom is -0.435 e. The lowest BCUT2D eigenvalue weighted by Crippen LogP contribution is -2.47. The van der Waals surface area contributed by atoms with E-state index in [2.05, 4.69) is 15.6 Å². The molecule has 138 valence electrons. The smallest absolute Gasteiger partial charge is 0.387 e. The maximum atomic E-state index is 12.8. The molecule has 0 unspecified atom stereocenters. The highest BCUT2D eigenvalue weighted by Gasteiger charge is 2.12. The number of nitrogens with one attached hydrogen (secondary N) is 2. The van der Waals surface area contributed by atoms with Crippen LogP contribution in [0.5, 0.6) is 5.75 Å². The van der Waals surface area contributed by atoms with Crippen LogP contribution in [0.4, 0.5) is 18.0 Å². The second kappa shape index (κ2) is 8.75. The van der Waals surface area contributed by atoms with Gasteiger partial charge in [-0.2, -0.15) is 8.78 Å². The minimum atomic E-state index is -2.90. The third-order valence-corrected chi connectivity index (χ3v) is 3.30. The summed E-state index contributed by atoms with van der Waals surface area (Å²) < 4.78 is 41.2. The predicted molar refractivity (Wildman–Crippen MR) is 86.9 cm³/mol. The van der Waals surface area contributed by atoms with Crippen LogP contribution in [-0.4, -0.2) is 30.5 Å². The van der Waals surface area contributed by atoms with Crippen LogP contribution in [-0.2, 0) is 6.54 Å². The molecule has 2 rings (SSSR count). The van der Waals surface area contributed by atoms with Crippen LogP contribution in [0, 0.1) is 5.82 Å². The van der Waals surface area contributed by atoms with E-state index in [4.69, 9.17) is 0 Å². The molecule has 0 atom stereocenters. The van der Waals surface area contributed by atoms with E-state index in [1.54, 1.807) is 12.1 Å². The zero-order valence-corrected chi connectivity index (χ0v) is 13.7. The zero-order chi connectivity index (χ0) is 19.1. The van der Waals surface area contributed by atoms with Crippen molar-refractivity contribution in [1.82, 2.24) is 15.8 Å². The number of hydrogen-bond acceptors (Lipinski definition) is 3. The molecule has 2 aromatic rings. The summed E-state index contributed by atoms with van der Waals surface area (Å²) in [5, 5.41) is 0. The first-order chi connectivity index (χ1) is 12.3. The molecule has 3 amide bonds. The number of halogens is 3. The second-order valence-electron chi connectivity index (χ2n) is 5.27. The van der Waals surface area contributed by atoms with Gasteiger partial charge in [0.15, 0.2) is 0 Å². The molecule has 0 aliphatic heterocycles. The molecule has 0 aliphatic carbocycles. The molecule has 0 heterocycles. The molecular weight excluding hydrogens is 351 g/mol. The normalized spacial score (nSPS) is 10.3. The van der Waals surface area contributed by atoms with E-state index < -0.39 is 24.4 Å². The van der Waals surface area contributed by atoms with Crippen LogP contribution in [0.3, 0.4) is 0 Å². The van der Waals surface area contributed by atoms with Crippen LogP contribution in [0.15, 0.2) is 48.5 Å². The monoisotopic (exact) mass is 367 g/mol. The molecule has 0 aliphatic rings. The summed E-state index contributed by atoms with van der Waals surface area (Å²) in [5.41, 5.74) is 5.29. The second-order valence-corrected chi connectivity index (χ2v) is 5.27. The quantitative estimate of drug-likeness (QED) is 0.799. The van der Waals surface area contributed by atoms with Gasteiger partial charge in [-0.05, 0) is 42.0 Å². The van der Waals surface area contributed by atoms with Gasteiger partial charge in [0.1, 0.15) is 11.6 Å². The number of ether oxygens (including phenoxy) is 1. The average Bonchev–Trinajstić information content (AvgIpc) is 2.61. The Labute approximate surface area is 147 Å². The maximum Gasteiger partial charge on any atom is 0.387 e. The van der Waals surface area contributed by atoms with Crippen molar-refractivity contribution in [2.24, 2.45) is 0 Å². The van der Waals surface area contributed by atoms with Crippen molar-refractivity contribution in [1.29, 1.82) is 0 Å². The first-order valence-electron chi connectivity index (χ1n) is 7.46. The highest BCUT2D eigenvalue weighted by molar-refractivity contribution is 5.95. The Balaban J connectivity index is 1.83.